The highest BCUT2D eigenvalue weighted by Gasteiger charge is 2.36. The first-order valence-electron chi connectivity index (χ1n) is 8.12. The molecule has 1 aliphatic rings. The maximum atomic E-state index is 13.6. The van der Waals surface area contributed by atoms with Gasteiger partial charge in [-0.25, -0.2) is 4.39 Å². The van der Waals surface area contributed by atoms with Gasteiger partial charge in [-0.1, -0.05) is 24.3 Å². The van der Waals surface area contributed by atoms with Gasteiger partial charge in [0.15, 0.2) is 0 Å². The van der Waals surface area contributed by atoms with Crippen LogP contribution in [0.2, 0.25) is 0 Å². The van der Waals surface area contributed by atoms with Crippen LogP contribution in [0, 0.1) is 5.82 Å². The van der Waals surface area contributed by atoms with Crippen LogP contribution in [0.3, 0.4) is 0 Å². The van der Waals surface area contributed by atoms with E-state index < -0.39 is 41.2 Å². The minimum absolute atomic E-state index is 0.0844. The highest BCUT2D eigenvalue weighted by molar-refractivity contribution is 8.18. The third-order valence-electron chi connectivity index (χ3n) is 3.83. The molecule has 2 aromatic rings. The van der Waals surface area contributed by atoms with E-state index in [1.807, 2.05) is 0 Å². The summed E-state index contributed by atoms with van der Waals surface area (Å²) in [7, 11) is 0. The number of carbonyl (C=O) groups excluding carboxylic acids is 3. The summed E-state index contributed by atoms with van der Waals surface area (Å²) in [6, 6.07) is 9.64. The van der Waals surface area contributed by atoms with E-state index in [0.717, 1.165) is 24.3 Å². The van der Waals surface area contributed by atoms with Crippen LogP contribution in [0.5, 0.6) is 0 Å². The van der Waals surface area contributed by atoms with Crippen molar-refractivity contribution < 1.29 is 31.9 Å². The van der Waals surface area contributed by atoms with Crippen molar-refractivity contribution in [2.45, 2.75) is 6.18 Å². The lowest BCUT2D eigenvalue weighted by Gasteiger charge is -2.12. The van der Waals surface area contributed by atoms with Crippen molar-refractivity contribution in [3.8, 4) is 0 Å². The number of para-hydroxylation sites is 1. The van der Waals surface area contributed by atoms with Crippen LogP contribution >= 0.6 is 11.8 Å². The molecule has 0 bridgehead atoms. The summed E-state index contributed by atoms with van der Waals surface area (Å²) in [5, 5.41) is 1.50. The SMILES string of the molecule is O=C(CN1C(=O)S/C(=C\c2cccc(C(F)(F)F)c2)C1=O)Nc1ccccc1F. The summed E-state index contributed by atoms with van der Waals surface area (Å²) in [6.45, 7) is -0.654. The molecule has 0 radical (unpaired) electrons. The van der Waals surface area contributed by atoms with E-state index in [1.54, 1.807) is 0 Å². The van der Waals surface area contributed by atoms with Crippen molar-refractivity contribution in [3.63, 3.8) is 0 Å². The molecule has 3 amide bonds. The summed E-state index contributed by atoms with van der Waals surface area (Å²) in [5.41, 5.74) is -0.917. The molecule has 1 heterocycles. The van der Waals surface area contributed by atoms with Gasteiger partial charge in [0.25, 0.3) is 11.1 Å². The molecule has 0 unspecified atom stereocenters. The summed E-state index contributed by atoms with van der Waals surface area (Å²) < 4.78 is 52.0. The van der Waals surface area contributed by atoms with Gasteiger partial charge < -0.3 is 5.32 Å². The second kappa shape index (κ2) is 8.08. The Balaban J connectivity index is 1.73. The molecular weight excluding hydrogens is 412 g/mol. The Hall–Kier alpha value is -3.14. The Morgan fingerprint density at radius 1 is 1.10 bits per heavy atom. The van der Waals surface area contributed by atoms with Crippen LogP contribution in [0.4, 0.5) is 28.0 Å². The van der Waals surface area contributed by atoms with E-state index in [9.17, 15) is 31.9 Å². The van der Waals surface area contributed by atoms with Crippen LogP contribution in [0.25, 0.3) is 6.08 Å². The average molecular weight is 424 g/mol. The summed E-state index contributed by atoms with van der Waals surface area (Å²) in [4.78, 5) is 37.0. The topological polar surface area (TPSA) is 66.5 Å². The fraction of sp³-hybridized carbons (Fsp3) is 0.105. The second-order valence-electron chi connectivity index (χ2n) is 5.92. The summed E-state index contributed by atoms with van der Waals surface area (Å²) in [6.07, 6.45) is -3.40. The normalized spacial score (nSPS) is 15.9. The van der Waals surface area contributed by atoms with Crippen molar-refractivity contribution >= 4 is 40.6 Å². The van der Waals surface area contributed by atoms with Gasteiger partial charge >= 0.3 is 6.18 Å². The van der Waals surface area contributed by atoms with E-state index in [2.05, 4.69) is 5.32 Å². The van der Waals surface area contributed by atoms with E-state index in [1.165, 1.54) is 30.3 Å². The standard InChI is InChI=1S/C19H12F4N2O3S/c20-13-6-1-2-7-14(13)24-16(26)10-25-17(27)15(29-18(25)28)9-11-4-3-5-12(8-11)19(21,22)23/h1-9H,10H2,(H,24,26)/b15-9-. The Kier molecular flexibility index (Phi) is 5.73. The zero-order valence-electron chi connectivity index (χ0n) is 14.5. The molecule has 0 aromatic heterocycles. The predicted molar refractivity (Wildman–Crippen MR) is 99.2 cm³/mol. The molecule has 5 nitrogen and oxygen atoms in total. The number of thioether (sulfide) groups is 1. The van der Waals surface area contributed by atoms with Crippen LogP contribution < -0.4 is 5.32 Å². The lowest BCUT2D eigenvalue weighted by molar-refractivity contribution is -0.137. The first kappa shape index (κ1) is 20.6. The first-order valence-corrected chi connectivity index (χ1v) is 8.94. The number of halogens is 4. The van der Waals surface area contributed by atoms with Gasteiger partial charge in [0, 0.05) is 0 Å². The minimum Gasteiger partial charge on any atom is -0.322 e. The van der Waals surface area contributed by atoms with Crippen molar-refractivity contribution in [1.29, 1.82) is 0 Å². The molecular formula is C19H12F4N2O3S. The first-order chi connectivity index (χ1) is 13.6. The van der Waals surface area contributed by atoms with Crippen LogP contribution in [0.15, 0.2) is 53.4 Å². The molecule has 10 heteroatoms. The van der Waals surface area contributed by atoms with Gasteiger partial charge in [-0.15, -0.1) is 0 Å². The molecule has 0 spiro atoms. The number of nitrogens with one attached hydrogen (secondary N) is 1. The van der Waals surface area contributed by atoms with E-state index >= 15 is 0 Å². The molecule has 2 aromatic carbocycles. The molecule has 29 heavy (non-hydrogen) atoms. The van der Waals surface area contributed by atoms with Crippen molar-refractivity contribution in [3.05, 3.63) is 70.4 Å². The molecule has 1 saturated heterocycles. The van der Waals surface area contributed by atoms with E-state index in [4.69, 9.17) is 0 Å². The number of hydrogen-bond donors (Lipinski definition) is 1. The van der Waals surface area contributed by atoms with Crippen molar-refractivity contribution in [1.82, 2.24) is 4.90 Å². The largest absolute Gasteiger partial charge is 0.416 e. The van der Waals surface area contributed by atoms with Gasteiger partial charge in [0.1, 0.15) is 12.4 Å². The maximum absolute atomic E-state index is 13.6. The van der Waals surface area contributed by atoms with Gasteiger partial charge in [0.05, 0.1) is 16.2 Å². The lowest BCUT2D eigenvalue weighted by atomic mass is 10.1. The Bertz CT molecular complexity index is 1020. The zero-order valence-corrected chi connectivity index (χ0v) is 15.3. The fourth-order valence-electron chi connectivity index (χ4n) is 2.49. The number of nitrogens with zero attached hydrogens (tertiary/aromatic N) is 1. The molecule has 3 rings (SSSR count). The number of hydrogen-bond acceptors (Lipinski definition) is 4. The second-order valence-corrected chi connectivity index (χ2v) is 6.91. The number of anilines is 1. The third kappa shape index (κ3) is 4.83. The molecule has 0 saturated carbocycles. The van der Waals surface area contributed by atoms with Crippen molar-refractivity contribution in [2.24, 2.45) is 0 Å². The Morgan fingerprint density at radius 3 is 2.52 bits per heavy atom. The number of alkyl halides is 3. The Morgan fingerprint density at radius 2 is 1.83 bits per heavy atom. The van der Waals surface area contributed by atoms with Gasteiger partial charge in [-0.3, -0.25) is 19.3 Å². The van der Waals surface area contributed by atoms with E-state index in [0.29, 0.717) is 16.7 Å². The fourth-order valence-corrected chi connectivity index (χ4v) is 3.33. The molecule has 0 aliphatic carbocycles. The number of rotatable bonds is 4. The van der Waals surface area contributed by atoms with Crippen molar-refractivity contribution in [2.75, 3.05) is 11.9 Å². The maximum Gasteiger partial charge on any atom is 0.416 e. The monoisotopic (exact) mass is 424 g/mol. The van der Waals surface area contributed by atoms with Crippen LogP contribution in [-0.2, 0) is 15.8 Å². The van der Waals surface area contributed by atoms with Gasteiger partial charge in [0.2, 0.25) is 5.91 Å². The molecule has 1 aliphatic heterocycles. The van der Waals surface area contributed by atoms with Gasteiger partial charge in [-0.2, -0.15) is 13.2 Å². The summed E-state index contributed by atoms with van der Waals surface area (Å²) >= 11 is 0.505. The molecule has 0 atom stereocenters. The quantitative estimate of drug-likeness (QED) is 0.579. The third-order valence-corrected chi connectivity index (χ3v) is 4.74. The molecule has 1 fully saturated rings. The lowest BCUT2D eigenvalue weighted by Crippen LogP contribution is -2.36. The molecule has 150 valence electrons. The van der Waals surface area contributed by atoms with Gasteiger partial charge in [-0.05, 0) is 47.7 Å². The highest BCUT2D eigenvalue weighted by atomic mass is 32.2. The minimum atomic E-state index is -4.55. The summed E-state index contributed by atoms with van der Waals surface area (Å²) in [5.74, 6) is -2.29. The average Bonchev–Trinajstić information content (AvgIpc) is 2.90. The molecule has 1 N–H and O–H groups in total. The predicted octanol–water partition coefficient (Wildman–Crippen LogP) is 4.52. The van der Waals surface area contributed by atoms with Crippen LogP contribution in [0.1, 0.15) is 11.1 Å². The smallest absolute Gasteiger partial charge is 0.322 e. The van der Waals surface area contributed by atoms with Crippen LogP contribution in [-0.4, -0.2) is 28.5 Å². The number of imide groups is 1. The number of carbonyl (C=O) groups is 3. The number of amides is 3. The Labute approximate surface area is 166 Å². The highest BCUT2D eigenvalue weighted by Crippen LogP contribution is 2.34. The number of benzene rings is 2. The zero-order chi connectivity index (χ0) is 21.2. The van der Waals surface area contributed by atoms with E-state index in [-0.39, 0.29) is 16.2 Å².